The van der Waals surface area contributed by atoms with Crippen molar-refractivity contribution in [2.75, 3.05) is 37.9 Å². The van der Waals surface area contributed by atoms with E-state index in [1.807, 2.05) is 6.92 Å². The molecule has 0 bridgehead atoms. The van der Waals surface area contributed by atoms with Crippen LogP contribution < -0.4 is 5.73 Å². The molecule has 0 radical (unpaired) electrons. The molecule has 0 heterocycles. The van der Waals surface area contributed by atoms with Crippen LogP contribution >= 0.6 is 21.6 Å². The molecule has 0 aromatic heterocycles. The quantitative estimate of drug-likeness (QED) is 0.132. The van der Waals surface area contributed by atoms with Gasteiger partial charge in [0.15, 0.2) is 0 Å². The molecule has 0 amide bonds. The van der Waals surface area contributed by atoms with Crippen LogP contribution in [0.5, 0.6) is 0 Å². The maximum absolute atomic E-state index is 11.3. The molecule has 4 unspecified atom stereocenters. The molecule has 0 rings (SSSR count). The molecule has 4 atom stereocenters. The average Bonchev–Trinajstić information content (AvgIpc) is 2.68. The summed E-state index contributed by atoms with van der Waals surface area (Å²) in [6, 6.07) is -0.968. The van der Waals surface area contributed by atoms with E-state index in [1.165, 1.54) is 21.6 Å². The summed E-state index contributed by atoms with van der Waals surface area (Å²) < 4.78 is 10.7. The molecular weight excluding hydrogens is 422 g/mol. The number of hydrogen-bond acceptors (Lipinski definition) is 9. The highest BCUT2D eigenvalue weighted by Crippen LogP contribution is 2.26. The highest BCUT2D eigenvalue weighted by molar-refractivity contribution is 8.76. The molecule has 172 valence electrons. The summed E-state index contributed by atoms with van der Waals surface area (Å²) in [4.78, 5) is 21.9. The summed E-state index contributed by atoms with van der Waals surface area (Å²) in [6.45, 7) is 3.41. The number of unbranched alkanes of at least 4 members (excludes halogenated alkanes) is 1. The first kappa shape index (κ1) is 28.4. The molecular formula is C18H35NO8S2. The van der Waals surface area contributed by atoms with E-state index in [1.54, 1.807) is 0 Å². The van der Waals surface area contributed by atoms with Crippen molar-refractivity contribution in [3.63, 3.8) is 0 Å². The predicted octanol–water partition coefficient (Wildman–Crippen LogP) is 1.21. The zero-order valence-corrected chi connectivity index (χ0v) is 18.5. The first-order valence-electron chi connectivity index (χ1n) is 9.75. The molecule has 0 spiro atoms. The minimum absolute atomic E-state index is 0.150. The first-order chi connectivity index (χ1) is 13.8. The number of aliphatic carboxylic acids is 2. The van der Waals surface area contributed by atoms with E-state index in [0.29, 0.717) is 44.8 Å². The summed E-state index contributed by atoms with van der Waals surface area (Å²) in [5.74, 6) is -2.14. The summed E-state index contributed by atoms with van der Waals surface area (Å²) in [7, 11) is 2.51. The van der Waals surface area contributed by atoms with Crippen molar-refractivity contribution >= 4 is 33.5 Å². The van der Waals surface area contributed by atoms with Crippen LogP contribution in [0.1, 0.15) is 39.0 Å². The number of rotatable bonds is 20. The monoisotopic (exact) mass is 457 g/mol. The van der Waals surface area contributed by atoms with E-state index in [9.17, 15) is 24.9 Å². The zero-order valence-electron chi connectivity index (χ0n) is 16.9. The van der Waals surface area contributed by atoms with Crippen LogP contribution in [0.3, 0.4) is 0 Å². The largest absolute Gasteiger partial charge is 0.481 e. The molecule has 0 aliphatic rings. The second-order valence-electron chi connectivity index (χ2n) is 6.70. The lowest BCUT2D eigenvalue weighted by Gasteiger charge is -2.15. The Bertz CT molecular complexity index is 444. The Morgan fingerprint density at radius 1 is 0.897 bits per heavy atom. The average molecular weight is 458 g/mol. The number of hydrogen-bond donors (Lipinski definition) is 5. The number of carboxylic acids is 2. The molecule has 29 heavy (non-hydrogen) atoms. The number of ether oxygens (including phenoxy) is 2. The molecule has 0 saturated carbocycles. The van der Waals surface area contributed by atoms with E-state index in [0.717, 1.165) is 12.8 Å². The van der Waals surface area contributed by atoms with Crippen LogP contribution in [0.2, 0.25) is 0 Å². The van der Waals surface area contributed by atoms with Crippen molar-refractivity contribution in [1.82, 2.24) is 0 Å². The standard InChI is InChI=1S/C18H35NO8S2/c1-2-14(20)9-26-7-3-4-8-27-10-15(21)6-5-13(17(22)23)11-28-29-12-16(19)18(24)25/h13-16,20-21H,2-12,19H2,1H3,(H,22,23)(H,24,25). The van der Waals surface area contributed by atoms with Crippen LogP contribution in [-0.4, -0.2) is 88.5 Å². The molecule has 0 fully saturated rings. The van der Waals surface area contributed by atoms with Crippen molar-refractivity contribution in [2.45, 2.75) is 57.3 Å². The van der Waals surface area contributed by atoms with E-state index in [2.05, 4.69) is 0 Å². The van der Waals surface area contributed by atoms with Crippen LogP contribution in [0.25, 0.3) is 0 Å². The smallest absolute Gasteiger partial charge is 0.321 e. The second kappa shape index (κ2) is 18.2. The molecule has 0 saturated heterocycles. The summed E-state index contributed by atoms with van der Waals surface area (Å²) >= 11 is 0. The lowest BCUT2D eigenvalue weighted by molar-refractivity contribution is -0.141. The van der Waals surface area contributed by atoms with E-state index >= 15 is 0 Å². The normalized spacial score (nSPS) is 15.6. The van der Waals surface area contributed by atoms with Crippen molar-refractivity contribution in [1.29, 1.82) is 0 Å². The Morgan fingerprint density at radius 2 is 1.45 bits per heavy atom. The molecule has 9 nitrogen and oxygen atoms in total. The summed E-state index contributed by atoms with van der Waals surface area (Å²) in [5, 5.41) is 37.3. The van der Waals surface area contributed by atoms with Gasteiger partial charge in [0, 0.05) is 24.7 Å². The molecule has 0 aliphatic carbocycles. The number of carboxylic acid groups (broad SMARTS) is 2. The Hall–Kier alpha value is -0.560. The lowest BCUT2D eigenvalue weighted by Crippen LogP contribution is -2.32. The van der Waals surface area contributed by atoms with Crippen molar-refractivity contribution in [3.8, 4) is 0 Å². The Kier molecular flexibility index (Phi) is 17.9. The molecule has 0 aromatic rings. The van der Waals surface area contributed by atoms with Crippen LogP contribution in [0, 0.1) is 5.92 Å². The highest BCUT2D eigenvalue weighted by atomic mass is 33.1. The zero-order chi connectivity index (χ0) is 22.1. The van der Waals surface area contributed by atoms with Gasteiger partial charge in [0.2, 0.25) is 0 Å². The molecule has 6 N–H and O–H groups in total. The van der Waals surface area contributed by atoms with Gasteiger partial charge < -0.3 is 35.6 Å². The highest BCUT2D eigenvalue weighted by Gasteiger charge is 2.20. The Balaban J connectivity index is 3.75. The minimum atomic E-state index is -1.08. The lowest BCUT2D eigenvalue weighted by atomic mass is 10.0. The van der Waals surface area contributed by atoms with Crippen LogP contribution in [0.15, 0.2) is 0 Å². The Morgan fingerprint density at radius 3 is 1.97 bits per heavy atom. The van der Waals surface area contributed by atoms with Gasteiger partial charge in [-0.2, -0.15) is 0 Å². The Labute approximate surface area is 180 Å². The van der Waals surface area contributed by atoms with Gasteiger partial charge in [-0.1, -0.05) is 28.5 Å². The maximum Gasteiger partial charge on any atom is 0.321 e. The SMILES string of the molecule is CCC(O)COCCCCOCC(O)CCC(CSSCC(N)C(=O)O)C(=O)O. The van der Waals surface area contributed by atoms with E-state index in [-0.39, 0.29) is 12.4 Å². The second-order valence-corrected chi connectivity index (χ2v) is 9.25. The molecule has 11 heteroatoms. The predicted molar refractivity (Wildman–Crippen MR) is 114 cm³/mol. The van der Waals surface area contributed by atoms with Gasteiger partial charge >= 0.3 is 11.9 Å². The van der Waals surface area contributed by atoms with Crippen LogP contribution in [-0.2, 0) is 19.1 Å². The first-order valence-corrected chi connectivity index (χ1v) is 12.2. The van der Waals surface area contributed by atoms with E-state index < -0.39 is 36.1 Å². The molecule has 0 aromatic carbocycles. The van der Waals surface area contributed by atoms with E-state index in [4.69, 9.17) is 20.3 Å². The third kappa shape index (κ3) is 16.9. The van der Waals surface area contributed by atoms with Gasteiger partial charge in [0.25, 0.3) is 0 Å². The van der Waals surface area contributed by atoms with Crippen LogP contribution in [0.4, 0.5) is 0 Å². The van der Waals surface area contributed by atoms with Gasteiger partial charge in [-0.3, -0.25) is 9.59 Å². The van der Waals surface area contributed by atoms with Gasteiger partial charge in [-0.05, 0) is 32.1 Å². The van der Waals surface area contributed by atoms with Crippen molar-refractivity contribution < 1.29 is 39.5 Å². The van der Waals surface area contributed by atoms with Crippen molar-refractivity contribution in [2.24, 2.45) is 11.7 Å². The van der Waals surface area contributed by atoms with Gasteiger partial charge in [-0.25, -0.2) is 0 Å². The van der Waals surface area contributed by atoms with Crippen molar-refractivity contribution in [3.05, 3.63) is 0 Å². The molecule has 0 aliphatic heterocycles. The summed E-state index contributed by atoms with van der Waals surface area (Å²) in [6.07, 6.45) is 1.72. The number of aliphatic hydroxyl groups excluding tert-OH is 2. The fraction of sp³-hybridized carbons (Fsp3) is 0.889. The fourth-order valence-corrected chi connectivity index (χ4v) is 4.51. The summed E-state index contributed by atoms with van der Waals surface area (Å²) in [5.41, 5.74) is 5.39. The van der Waals surface area contributed by atoms with Gasteiger partial charge in [0.1, 0.15) is 6.04 Å². The third-order valence-electron chi connectivity index (χ3n) is 4.03. The third-order valence-corrected chi connectivity index (χ3v) is 6.55. The fourth-order valence-electron chi connectivity index (χ4n) is 2.04. The number of carbonyl (C=O) groups is 2. The van der Waals surface area contributed by atoms with Gasteiger partial charge in [-0.15, -0.1) is 0 Å². The van der Waals surface area contributed by atoms with Gasteiger partial charge in [0.05, 0.1) is 31.3 Å². The maximum atomic E-state index is 11.3. The number of aliphatic hydroxyl groups is 2. The number of nitrogens with two attached hydrogens (primary N) is 1. The minimum Gasteiger partial charge on any atom is -0.481 e. The topological polar surface area (TPSA) is 160 Å².